The van der Waals surface area contributed by atoms with Gasteiger partial charge < -0.3 is 14.6 Å². The summed E-state index contributed by atoms with van der Waals surface area (Å²) in [7, 11) is 0. The van der Waals surface area contributed by atoms with Crippen molar-refractivity contribution in [2.45, 2.75) is 19.3 Å². The van der Waals surface area contributed by atoms with Crippen molar-refractivity contribution in [3.8, 4) is 0 Å². The number of rotatable bonds is 4. The lowest BCUT2D eigenvalue weighted by molar-refractivity contribution is 0.0592. The van der Waals surface area contributed by atoms with Crippen molar-refractivity contribution in [2.24, 2.45) is 0 Å². The molecule has 2 unspecified atom stereocenters. The first kappa shape index (κ1) is 10.1. The molecular formula is C10H11NO4. The van der Waals surface area contributed by atoms with Crippen molar-refractivity contribution in [1.82, 2.24) is 4.98 Å². The van der Waals surface area contributed by atoms with E-state index in [0.29, 0.717) is 12.3 Å². The van der Waals surface area contributed by atoms with Crippen LogP contribution in [0.25, 0.3) is 0 Å². The maximum atomic E-state index is 10.6. The second-order valence-corrected chi connectivity index (χ2v) is 3.16. The second kappa shape index (κ2) is 3.96. The highest BCUT2D eigenvalue weighted by Crippen LogP contribution is 2.38. The van der Waals surface area contributed by atoms with Crippen molar-refractivity contribution in [3.05, 3.63) is 29.6 Å². The van der Waals surface area contributed by atoms with Crippen LogP contribution in [-0.4, -0.2) is 29.0 Å². The van der Waals surface area contributed by atoms with E-state index in [0.717, 1.165) is 0 Å². The highest BCUT2D eigenvalue weighted by molar-refractivity contribution is 5.87. The summed E-state index contributed by atoms with van der Waals surface area (Å²) in [5.74, 6) is -0.980. The molecule has 80 valence electrons. The van der Waals surface area contributed by atoms with Crippen LogP contribution in [-0.2, 0) is 9.47 Å². The predicted molar refractivity (Wildman–Crippen MR) is 50.4 cm³/mol. The Hall–Kier alpha value is -1.46. The zero-order valence-electron chi connectivity index (χ0n) is 8.21. The molecule has 1 N–H and O–H groups in total. The maximum Gasteiger partial charge on any atom is 0.337 e. The van der Waals surface area contributed by atoms with Gasteiger partial charge in [-0.25, -0.2) is 4.79 Å². The third kappa shape index (κ3) is 2.14. The van der Waals surface area contributed by atoms with Crippen molar-refractivity contribution in [1.29, 1.82) is 0 Å². The molecule has 0 radical (unpaired) electrons. The van der Waals surface area contributed by atoms with E-state index >= 15 is 0 Å². The van der Waals surface area contributed by atoms with Gasteiger partial charge in [-0.15, -0.1) is 0 Å². The number of ether oxygens (including phenoxy) is 2. The van der Waals surface area contributed by atoms with E-state index in [1.807, 2.05) is 6.92 Å². The number of epoxide rings is 1. The molecule has 1 aromatic rings. The highest BCUT2D eigenvalue weighted by Gasteiger charge is 2.42. The molecule has 0 aromatic carbocycles. The Bertz CT molecular complexity index is 362. The van der Waals surface area contributed by atoms with E-state index in [9.17, 15) is 4.79 Å². The molecule has 5 nitrogen and oxygen atoms in total. The average Bonchev–Trinajstić information content (AvgIpc) is 2.98. The Kier molecular flexibility index (Phi) is 2.66. The van der Waals surface area contributed by atoms with E-state index in [4.69, 9.17) is 14.6 Å². The largest absolute Gasteiger partial charge is 0.478 e. The summed E-state index contributed by atoms with van der Waals surface area (Å²) in [6.45, 7) is 2.48. The van der Waals surface area contributed by atoms with Crippen LogP contribution in [0, 0.1) is 0 Å². The monoisotopic (exact) mass is 209 g/mol. The van der Waals surface area contributed by atoms with E-state index in [1.54, 1.807) is 6.07 Å². The molecule has 0 spiro atoms. The summed E-state index contributed by atoms with van der Waals surface area (Å²) >= 11 is 0. The van der Waals surface area contributed by atoms with Crippen LogP contribution in [0.1, 0.15) is 29.1 Å². The zero-order valence-corrected chi connectivity index (χ0v) is 8.21. The van der Waals surface area contributed by atoms with Gasteiger partial charge in [-0.1, -0.05) is 0 Å². The number of carboxylic acids is 1. The third-order valence-electron chi connectivity index (χ3n) is 2.11. The van der Waals surface area contributed by atoms with Crippen molar-refractivity contribution in [2.75, 3.05) is 6.61 Å². The van der Waals surface area contributed by atoms with E-state index < -0.39 is 5.97 Å². The predicted octanol–water partition coefficient (Wildman–Crippen LogP) is 1.21. The first-order valence-corrected chi connectivity index (χ1v) is 4.68. The number of nitrogens with zero attached hydrogens (tertiary/aromatic N) is 1. The summed E-state index contributed by atoms with van der Waals surface area (Å²) in [4.78, 5) is 14.6. The molecule has 5 heteroatoms. The molecule has 1 aliphatic heterocycles. The Morgan fingerprint density at radius 2 is 2.47 bits per heavy atom. The van der Waals surface area contributed by atoms with Crippen LogP contribution < -0.4 is 0 Å². The van der Waals surface area contributed by atoms with Crippen molar-refractivity contribution >= 4 is 5.97 Å². The molecule has 15 heavy (non-hydrogen) atoms. The van der Waals surface area contributed by atoms with Gasteiger partial charge >= 0.3 is 5.97 Å². The van der Waals surface area contributed by atoms with Crippen LogP contribution in [0.4, 0.5) is 0 Å². The van der Waals surface area contributed by atoms with Crippen molar-refractivity contribution < 1.29 is 19.4 Å². The number of pyridine rings is 1. The fourth-order valence-electron chi connectivity index (χ4n) is 1.30. The number of aromatic nitrogens is 1. The minimum Gasteiger partial charge on any atom is -0.478 e. The topological polar surface area (TPSA) is 72.0 Å². The van der Waals surface area contributed by atoms with E-state index in [2.05, 4.69) is 4.98 Å². The lowest BCUT2D eigenvalue weighted by Gasteiger charge is -1.97. The van der Waals surface area contributed by atoms with Crippen molar-refractivity contribution in [3.63, 3.8) is 0 Å². The van der Waals surface area contributed by atoms with Gasteiger partial charge in [0.1, 0.15) is 0 Å². The molecule has 2 atom stereocenters. The molecule has 0 saturated carbocycles. The molecule has 0 aliphatic carbocycles. The fraction of sp³-hybridized carbons (Fsp3) is 0.400. The quantitative estimate of drug-likeness (QED) is 0.754. The summed E-state index contributed by atoms with van der Waals surface area (Å²) in [6, 6.07) is 3.16. The van der Waals surface area contributed by atoms with Gasteiger partial charge in [0.05, 0.1) is 11.3 Å². The van der Waals surface area contributed by atoms with Crippen LogP contribution in [0.15, 0.2) is 18.3 Å². The second-order valence-electron chi connectivity index (χ2n) is 3.16. The zero-order chi connectivity index (χ0) is 10.8. The van der Waals surface area contributed by atoms with Gasteiger partial charge in [-0.05, 0) is 19.1 Å². The summed E-state index contributed by atoms with van der Waals surface area (Å²) in [5.41, 5.74) is 0.880. The summed E-state index contributed by atoms with van der Waals surface area (Å²) in [6.07, 6.45) is 0.952. The van der Waals surface area contributed by atoms with E-state index in [1.165, 1.54) is 12.3 Å². The Labute approximate surface area is 86.7 Å². The smallest absolute Gasteiger partial charge is 0.337 e. The number of aromatic carboxylic acids is 1. The van der Waals surface area contributed by atoms with Gasteiger partial charge in [0, 0.05) is 12.8 Å². The molecule has 1 aliphatic rings. The molecule has 1 fully saturated rings. The third-order valence-corrected chi connectivity index (χ3v) is 2.11. The fourth-order valence-corrected chi connectivity index (χ4v) is 1.30. The van der Waals surface area contributed by atoms with Gasteiger partial charge in [0.15, 0.2) is 12.4 Å². The molecule has 2 rings (SSSR count). The lowest BCUT2D eigenvalue weighted by Crippen LogP contribution is -2.00. The number of carboxylic acid groups (broad SMARTS) is 1. The molecular weight excluding hydrogens is 198 g/mol. The number of carbonyl (C=O) groups is 1. The van der Waals surface area contributed by atoms with Crippen LogP contribution in [0.2, 0.25) is 0 Å². The summed E-state index contributed by atoms with van der Waals surface area (Å²) < 4.78 is 10.4. The molecule has 0 bridgehead atoms. The van der Waals surface area contributed by atoms with Gasteiger partial charge in [0.2, 0.25) is 0 Å². The Morgan fingerprint density at radius 3 is 3.00 bits per heavy atom. The van der Waals surface area contributed by atoms with E-state index in [-0.39, 0.29) is 18.0 Å². The Balaban J connectivity index is 2.03. The Morgan fingerprint density at radius 1 is 1.67 bits per heavy atom. The average molecular weight is 209 g/mol. The van der Waals surface area contributed by atoms with Gasteiger partial charge in [-0.2, -0.15) is 0 Å². The van der Waals surface area contributed by atoms with Crippen LogP contribution in [0.3, 0.4) is 0 Å². The van der Waals surface area contributed by atoms with Gasteiger partial charge in [-0.3, -0.25) is 4.98 Å². The summed E-state index contributed by atoms with van der Waals surface area (Å²) in [5, 5.41) is 8.67. The number of hydrogen-bond acceptors (Lipinski definition) is 4. The lowest BCUT2D eigenvalue weighted by atomic mass is 10.2. The first-order valence-electron chi connectivity index (χ1n) is 4.68. The SMILES string of the molecule is CCOC1OC1c1ccc(C(=O)O)cn1. The highest BCUT2D eigenvalue weighted by atomic mass is 16.8. The standard InChI is InChI=1S/C10H11NO4/c1-2-14-10-8(15-10)7-4-3-6(5-11-7)9(12)13/h3-5,8,10H,2H2,1H3,(H,12,13). The maximum absolute atomic E-state index is 10.6. The molecule has 0 amide bonds. The number of hydrogen-bond donors (Lipinski definition) is 1. The molecule has 1 aromatic heterocycles. The molecule has 1 saturated heterocycles. The van der Waals surface area contributed by atoms with Gasteiger partial charge in [0.25, 0.3) is 0 Å². The minimum atomic E-state index is -0.980. The van der Waals surface area contributed by atoms with Crippen LogP contribution in [0.5, 0.6) is 0 Å². The first-order chi connectivity index (χ1) is 7.22. The van der Waals surface area contributed by atoms with Crippen LogP contribution >= 0.6 is 0 Å². The normalized spacial score (nSPS) is 23.8. The molecule has 2 heterocycles. The minimum absolute atomic E-state index is 0.146.